The van der Waals surface area contributed by atoms with Crippen LogP contribution in [-0.2, 0) is 0 Å². The van der Waals surface area contributed by atoms with Gasteiger partial charge in [-0.1, -0.05) is 60.7 Å². The summed E-state index contributed by atoms with van der Waals surface area (Å²) in [5.74, 6) is 0. The zero-order valence-corrected chi connectivity index (χ0v) is 13.7. The molecular weight excluding hydrogens is 268 g/mol. The van der Waals surface area contributed by atoms with Gasteiger partial charge >= 0.3 is 0 Å². The summed E-state index contributed by atoms with van der Waals surface area (Å²) in [7, 11) is 0. The van der Waals surface area contributed by atoms with Gasteiger partial charge in [0, 0.05) is 25.2 Å². The van der Waals surface area contributed by atoms with Crippen molar-refractivity contribution in [3.05, 3.63) is 71.8 Å². The van der Waals surface area contributed by atoms with Crippen LogP contribution in [0.25, 0.3) is 0 Å². The molecule has 2 aromatic rings. The van der Waals surface area contributed by atoms with E-state index in [0.29, 0.717) is 12.1 Å². The Balaban J connectivity index is 1.69. The predicted octanol–water partition coefficient (Wildman–Crippen LogP) is 4.47. The van der Waals surface area contributed by atoms with Crippen LogP contribution in [-0.4, -0.2) is 29.6 Å². The van der Waals surface area contributed by atoms with Crippen LogP contribution in [0.4, 0.5) is 0 Å². The van der Waals surface area contributed by atoms with Crippen LogP contribution in [0, 0.1) is 0 Å². The van der Waals surface area contributed by atoms with E-state index in [1.807, 2.05) is 0 Å². The highest BCUT2D eigenvalue weighted by Gasteiger charge is 2.25. The summed E-state index contributed by atoms with van der Waals surface area (Å²) in [6.45, 7) is 8.08. The minimum atomic E-state index is 0.479. The van der Waals surface area contributed by atoms with E-state index in [-0.39, 0.29) is 0 Å². The van der Waals surface area contributed by atoms with Crippen molar-refractivity contribution in [1.82, 2.24) is 9.80 Å². The van der Waals surface area contributed by atoms with E-state index in [1.54, 1.807) is 0 Å². The molecule has 1 heterocycles. The molecular formula is C20H26N2. The van der Waals surface area contributed by atoms with Gasteiger partial charge in [0.1, 0.15) is 0 Å². The number of hydrogen-bond donors (Lipinski definition) is 0. The molecule has 0 aliphatic carbocycles. The molecule has 0 radical (unpaired) electrons. The Morgan fingerprint density at radius 3 is 1.50 bits per heavy atom. The first kappa shape index (κ1) is 15.3. The number of rotatable bonds is 4. The molecule has 1 fully saturated rings. The van der Waals surface area contributed by atoms with Crippen molar-refractivity contribution >= 4 is 0 Å². The molecule has 2 heteroatoms. The van der Waals surface area contributed by atoms with Crippen LogP contribution in [0.15, 0.2) is 60.7 Å². The van der Waals surface area contributed by atoms with Crippen molar-refractivity contribution in [2.75, 3.05) is 19.8 Å². The second-order valence-electron chi connectivity index (χ2n) is 6.29. The molecule has 0 saturated carbocycles. The van der Waals surface area contributed by atoms with E-state index in [4.69, 9.17) is 0 Å². The largest absolute Gasteiger partial charge is 0.284 e. The molecule has 116 valence electrons. The molecule has 2 aromatic carbocycles. The lowest BCUT2D eigenvalue weighted by atomic mass is 10.0. The van der Waals surface area contributed by atoms with Crippen LogP contribution >= 0.6 is 0 Å². The second-order valence-corrected chi connectivity index (χ2v) is 6.29. The van der Waals surface area contributed by atoms with Crippen molar-refractivity contribution in [2.45, 2.75) is 32.4 Å². The molecule has 1 aliphatic heterocycles. The quantitative estimate of drug-likeness (QED) is 0.820. The van der Waals surface area contributed by atoms with Gasteiger partial charge < -0.3 is 0 Å². The third-order valence-corrected chi connectivity index (χ3v) is 4.91. The first-order valence-corrected chi connectivity index (χ1v) is 8.33. The van der Waals surface area contributed by atoms with Crippen LogP contribution in [0.2, 0.25) is 0 Å². The fourth-order valence-electron chi connectivity index (χ4n) is 3.37. The van der Waals surface area contributed by atoms with Crippen molar-refractivity contribution in [1.29, 1.82) is 0 Å². The maximum Gasteiger partial charge on any atom is 0.0517 e. The topological polar surface area (TPSA) is 6.48 Å². The smallest absolute Gasteiger partial charge is 0.0517 e. The summed E-state index contributed by atoms with van der Waals surface area (Å²) < 4.78 is 0. The van der Waals surface area contributed by atoms with Gasteiger partial charge in [-0.25, -0.2) is 0 Å². The average Bonchev–Trinajstić information content (AvgIpc) is 2.62. The summed E-state index contributed by atoms with van der Waals surface area (Å²) in [5.41, 5.74) is 2.83. The molecule has 0 spiro atoms. The lowest BCUT2D eigenvalue weighted by Gasteiger charge is -2.42. The molecule has 22 heavy (non-hydrogen) atoms. The maximum atomic E-state index is 2.60. The normalized spacial score (nSPS) is 19.7. The zero-order chi connectivity index (χ0) is 15.4. The Morgan fingerprint density at radius 1 is 0.682 bits per heavy atom. The molecule has 0 N–H and O–H groups in total. The van der Waals surface area contributed by atoms with Gasteiger partial charge in [0.25, 0.3) is 0 Å². The SMILES string of the molecule is C[C@@H](c1ccccc1)N1CCCN([C@@H](C)c2ccccc2)C1. The lowest BCUT2D eigenvalue weighted by Crippen LogP contribution is -2.46. The molecule has 1 aliphatic rings. The zero-order valence-electron chi connectivity index (χ0n) is 13.7. The number of hydrogen-bond acceptors (Lipinski definition) is 2. The maximum absolute atomic E-state index is 2.60. The van der Waals surface area contributed by atoms with E-state index >= 15 is 0 Å². The van der Waals surface area contributed by atoms with Gasteiger partial charge in [-0.05, 0) is 31.4 Å². The van der Waals surface area contributed by atoms with Crippen molar-refractivity contribution in [2.24, 2.45) is 0 Å². The van der Waals surface area contributed by atoms with Gasteiger partial charge in [-0.15, -0.1) is 0 Å². The van der Waals surface area contributed by atoms with E-state index in [1.165, 1.54) is 30.6 Å². The number of nitrogens with zero attached hydrogens (tertiary/aromatic N) is 2. The fourth-order valence-corrected chi connectivity index (χ4v) is 3.37. The van der Waals surface area contributed by atoms with E-state index in [0.717, 1.165) is 6.67 Å². The molecule has 0 amide bonds. The van der Waals surface area contributed by atoms with Crippen LogP contribution in [0.3, 0.4) is 0 Å². The highest BCUT2D eigenvalue weighted by molar-refractivity contribution is 5.20. The van der Waals surface area contributed by atoms with Crippen molar-refractivity contribution in [3.63, 3.8) is 0 Å². The van der Waals surface area contributed by atoms with Crippen LogP contribution < -0.4 is 0 Å². The van der Waals surface area contributed by atoms with Crippen molar-refractivity contribution < 1.29 is 0 Å². The molecule has 0 unspecified atom stereocenters. The number of benzene rings is 2. The second kappa shape index (κ2) is 7.08. The molecule has 1 saturated heterocycles. The monoisotopic (exact) mass is 294 g/mol. The Bertz CT molecular complexity index is 515. The first-order valence-electron chi connectivity index (χ1n) is 8.33. The predicted molar refractivity (Wildman–Crippen MR) is 92.6 cm³/mol. The van der Waals surface area contributed by atoms with Crippen LogP contribution in [0.5, 0.6) is 0 Å². The highest BCUT2D eigenvalue weighted by Crippen LogP contribution is 2.27. The minimum Gasteiger partial charge on any atom is -0.284 e. The molecule has 3 rings (SSSR count). The molecule has 0 aromatic heterocycles. The summed E-state index contributed by atoms with van der Waals surface area (Å²) in [6.07, 6.45) is 1.24. The summed E-state index contributed by atoms with van der Waals surface area (Å²) in [5, 5.41) is 0. The summed E-state index contributed by atoms with van der Waals surface area (Å²) >= 11 is 0. The minimum absolute atomic E-state index is 0.479. The third-order valence-electron chi connectivity index (χ3n) is 4.91. The van der Waals surface area contributed by atoms with Gasteiger partial charge in [0.2, 0.25) is 0 Å². The van der Waals surface area contributed by atoms with Gasteiger partial charge in [-0.3, -0.25) is 9.80 Å². The Hall–Kier alpha value is -1.64. The van der Waals surface area contributed by atoms with E-state index in [9.17, 15) is 0 Å². The van der Waals surface area contributed by atoms with Gasteiger partial charge in [-0.2, -0.15) is 0 Å². The fraction of sp³-hybridized carbons (Fsp3) is 0.400. The van der Waals surface area contributed by atoms with Crippen LogP contribution in [0.1, 0.15) is 43.5 Å². The molecule has 2 nitrogen and oxygen atoms in total. The first-order chi connectivity index (χ1) is 10.8. The van der Waals surface area contributed by atoms with Gasteiger partial charge in [0.05, 0.1) is 6.67 Å². The Morgan fingerprint density at radius 2 is 1.09 bits per heavy atom. The summed E-state index contributed by atoms with van der Waals surface area (Å²) in [4.78, 5) is 5.19. The lowest BCUT2D eigenvalue weighted by molar-refractivity contribution is 0.0325. The third kappa shape index (κ3) is 3.40. The average molecular weight is 294 g/mol. The Kier molecular flexibility index (Phi) is 4.91. The molecule has 0 bridgehead atoms. The Labute approximate surface area is 134 Å². The van der Waals surface area contributed by atoms with Crippen molar-refractivity contribution in [3.8, 4) is 0 Å². The van der Waals surface area contributed by atoms with Gasteiger partial charge in [0.15, 0.2) is 0 Å². The van der Waals surface area contributed by atoms with E-state index < -0.39 is 0 Å². The summed E-state index contributed by atoms with van der Waals surface area (Å²) in [6, 6.07) is 22.7. The standard InChI is InChI=1S/C20H26N2/c1-17(19-10-5-3-6-11-19)21-14-9-15-22(16-21)18(2)20-12-7-4-8-13-20/h3-8,10-13,17-18H,9,14-16H2,1-2H3/t17-,18-/m0/s1. The van der Waals surface area contributed by atoms with E-state index in [2.05, 4.69) is 84.3 Å². The molecule has 2 atom stereocenters. The highest BCUT2D eigenvalue weighted by atomic mass is 15.3.